The molecule has 0 saturated heterocycles. The van der Waals surface area contributed by atoms with Crippen molar-refractivity contribution >= 4 is 40.8 Å². The van der Waals surface area contributed by atoms with Gasteiger partial charge in [-0.25, -0.2) is 4.79 Å². The van der Waals surface area contributed by atoms with Gasteiger partial charge in [0.15, 0.2) is 5.11 Å². The zero-order valence-electron chi connectivity index (χ0n) is 16.5. The summed E-state index contributed by atoms with van der Waals surface area (Å²) in [5, 5.41) is 8.20. The number of amides is 2. The predicted octanol–water partition coefficient (Wildman–Crippen LogP) is 3.12. The molecule has 3 N–H and O–H groups in total. The van der Waals surface area contributed by atoms with Gasteiger partial charge >= 0.3 is 5.97 Å². The van der Waals surface area contributed by atoms with Crippen molar-refractivity contribution in [1.82, 2.24) is 10.6 Å². The van der Waals surface area contributed by atoms with Gasteiger partial charge in [0.1, 0.15) is 5.76 Å². The Morgan fingerprint density at radius 3 is 2.35 bits per heavy atom. The number of carbonyl (C=O) groups is 3. The zero-order valence-corrected chi connectivity index (χ0v) is 17.3. The van der Waals surface area contributed by atoms with Gasteiger partial charge in [0.25, 0.3) is 11.8 Å². The van der Waals surface area contributed by atoms with Crippen LogP contribution in [0, 0.1) is 0 Å². The van der Waals surface area contributed by atoms with E-state index in [0.717, 1.165) is 0 Å². The van der Waals surface area contributed by atoms with Crippen molar-refractivity contribution in [3.05, 3.63) is 89.4 Å². The highest BCUT2D eigenvalue weighted by molar-refractivity contribution is 7.80. The van der Waals surface area contributed by atoms with Gasteiger partial charge in [-0.2, -0.15) is 0 Å². The fourth-order valence-corrected chi connectivity index (χ4v) is 2.87. The molecule has 31 heavy (non-hydrogen) atoms. The second-order valence-electron chi connectivity index (χ2n) is 6.32. The number of benzene rings is 2. The van der Waals surface area contributed by atoms with Crippen molar-refractivity contribution in [2.45, 2.75) is 6.54 Å². The predicted molar refractivity (Wildman–Crippen MR) is 118 cm³/mol. The van der Waals surface area contributed by atoms with E-state index in [1.54, 1.807) is 54.6 Å². The number of hydrogen-bond acceptors (Lipinski definition) is 6. The summed E-state index contributed by atoms with van der Waals surface area (Å²) in [4.78, 5) is 36.4. The van der Waals surface area contributed by atoms with Crippen LogP contribution in [-0.4, -0.2) is 30.0 Å². The smallest absolute Gasteiger partial charge is 0.337 e. The van der Waals surface area contributed by atoms with Crippen molar-refractivity contribution in [2.75, 3.05) is 12.4 Å². The molecule has 2 aromatic carbocycles. The summed E-state index contributed by atoms with van der Waals surface area (Å²) in [7, 11) is 1.26. The van der Waals surface area contributed by atoms with Crippen molar-refractivity contribution in [1.29, 1.82) is 0 Å². The second kappa shape index (κ2) is 10.2. The van der Waals surface area contributed by atoms with Crippen LogP contribution < -0.4 is 16.0 Å². The Balaban J connectivity index is 1.59. The molecule has 158 valence electrons. The van der Waals surface area contributed by atoms with Gasteiger partial charge < -0.3 is 19.8 Å². The number of anilines is 1. The maximum Gasteiger partial charge on any atom is 0.337 e. The summed E-state index contributed by atoms with van der Waals surface area (Å²) >= 11 is 5.19. The Morgan fingerprint density at radius 2 is 1.65 bits per heavy atom. The number of ether oxygens (including phenoxy) is 1. The van der Waals surface area contributed by atoms with Gasteiger partial charge in [-0.1, -0.05) is 12.1 Å². The van der Waals surface area contributed by atoms with Crippen LogP contribution in [0.5, 0.6) is 0 Å². The fraction of sp³-hybridized carbons (Fsp3) is 0.0909. The Kier molecular flexibility index (Phi) is 7.13. The van der Waals surface area contributed by atoms with Gasteiger partial charge in [-0.3, -0.25) is 14.9 Å². The third-order valence-electron chi connectivity index (χ3n) is 4.16. The molecule has 8 nitrogen and oxygen atoms in total. The quantitative estimate of drug-likeness (QED) is 0.401. The summed E-state index contributed by atoms with van der Waals surface area (Å²) in [6, 6.07) is 16.2. The lowest BCUT2D eigenvalue weighted by atomic mass is 10.1. The zero-order chi connectivity index (χ0) is 22.2. The molecule has 1 heterocycles. The average Bonchev–Trinajstić information content (AvgIpc) is 3.30. The van der Waals surface area contributed by atoms with Crippen LogP contribution in [0.15, 0.2) is 71.3 Å². The molecule has 0 aliphatic heterocycles. The Labute approximate surface area is 183 Å². The van der Waals surface area contributed by atoms with Crippen molar-refractivity contribution < 1.29 is 23.5 Å². The summed E-state index contributed by atoms with van der Waals surface area (Å²) in [6.07, 6.45) is 1.53. The Hall–Kier alpha value is -3.98. The van der Waals surface area contributed by atoms with E-state index in [2.05, 4.69) is 20.7 Å². The molecule has 0 aliphatic carbocycles. The number of hydrogen-bond donors (Lipinski definition) is 3. The average molecular weight is 437 g/mol. The first kappa shape index (κ1) is 21.7. The number of furan rings is 1. The van der Waals surface area contributed by atoms with E-state index in [1.807, 2.05) is 0 Å². The van der Waals surface area contributed by atoms with E-state index >= 15 is 0 Å². The van der Waals surface area contributed by atoms with E-state index in [-0.39, 0.29) is 28.7 Å². The van der Waals surface area contributed by atoms with Crippen LogP contribution >= 0.6 is 12.2 Å². The highest BCUT2D eigenvalue weighted by atomic mass is 32.1. The topological polar surface area (TPSA) is 110 Å². The minimum atomic E-state index is -0.544. The normalized spacial score (nSPS) is 10.1. The number of rotatable bonds is 6. The lowest BCUT2D eigenvalue weighted by Crippen LogP contribution is -2.34. The molecule has 0 aliphatic rings. The summed E-state index contributed by atoms with van der Waals surface area (Å²) in [5.74, 6) is -0.675. The molecule has 3 rings (SSSR count). The van der Waals surface area contributed by atoms with Crippen LogP contribution in [0.4, 0.5) is 5.69 Å². The minimum Gasteiger partial charge on any atom is -0.467 e. The van der Waals surface area contributed by atoms with Gasteiger partial charge in [0.05, 0.1) is 25.5 Å². The highest BCUT2D eigenvalue weighted by Gasteiger charge is 2.13. The van der Waals surface area contributed by atoms with E-state index in [4.69, 9.17) is 16.6 Å². The van der Waals surface area contributed by atoms with Crippen LogP contribution in [-0.2, 0) is 11.3 Å². The molecule has 9 heteroatoms. The first-order valence-corrected chi connectivity index (χ1v) is 9.58. The molecule has 0 spiro atoms. The molecule has 3 aromatic rings. The summed E-state index contributed by atoms with van der Waals surface area (Å²) in [6.45, 7) is 0.266. The molecular formula is C22H19N3O5S. The van der Waals surface area contributed by atoms with Crippen LogP contribution in [0.2, 0.25) is 0 Å². The molecule has 1 aromatic heterocycles. The number of methoxy groups -OCH3 is 1. The number of carbonyl (C=O) groups excluding carboxylic acids is 3. The van der Waals surface area contributed by atoms with Gasteiger partial charge in [0.2, 0.25) is 0 Å². The molecule has 0 unspecified atom stereocenters. The van der Waals surface area contributed by atoms with Crippen molar-refractivity contribution in [3.63, 3.8) is 0 Å². The largest absolute Gasteiger partial charge is 0.467 e. The van der Waals surface area contributed by atoms with Crippen molar-refractivity contribution in [3.8, 4) is 0 Å². The maximum atomic E-state index is 12.4. The number of thiocarbonyl (C=S) groups is 1. The lowest BCUT2D eigenvalue weighted by molar-refractivity contribution is 0.0600. The maximum absolute atomic E-state index is 12.4. The third kappa shape index (κ3) is 6.00. The third-order valence-corrected chi connectivity index (χ3v) is 4.36. The van der Waals surface area contributed by atoms with E-state index in [9.17, 15) is 14.4 Å². The Morgan fingerprint density at radius 1 is 0.935 bits per heavy atom. The highest BCUT2D eigenvalue weighted by Crippen LogP contribution is 2.12. The molecule has 0 saturated carbocycles. The molecule has 0 atom stereocenters. The molecule has 0 bridgehead atoms. The first-order chi connectivity index (χ1) is 15.0. The van der Waals surface area contributed by atoms with Crippen molar-refractivity contribution in [2.24, 2.45) is 0 Å². The second-order valence-corrected chi connectivity index (χ2v) is 6.73. The van der Waals surface area contributed by atoms with Gasteiger partial charge in [-0.15, -0.1) is 0 Å². The molecule has 0 radical (unpaired) electrons. The summed E-state index contributed by atoms with van der Waals surface area (Å²) in [5.41, 5.74) is 1.44. The minimum absolute atomic E-state index is 0.0432. The number of esters is 1. The summed E-state index contributed by atoms with van der Waals surface area (Å²) < 4.78 is 9.84. The Bertz CT molecular complexity index is 1110. The molecule has 0 fully saturated rings. The fourth-order valence-electron chi connectivity index (χ4n) is 2.66. The van der Waals surface area contributed by atoms with E-state index in [1.165, 1.54) is 19.4 Å². The SMILES string of the molecule is COC(=O)c1cccc(C(=O)NC(=S)Nc2cccc(C(=O)NCc3ccco3)c2)c1. The van der Waals surface area contributed by atoms with Crippen LogP contribution in [0.1, 0.15) is 36.8 Å². The van der Waals surface area contributed by atoms with E-state index < -0.39 is 11.9 Å². The standard InChI is InChI=1S/C22H19N3O5S/c1-29-21(28)16-7-2-5-14(11-16)20(27)25-22(31)24-17-8-3-6-15(12-17)19(26)23-13-18-9-4-10-30-18/h2-12H,13H2,1H3,(H,23,26)(H2,24,25,27,31). The lowest BCUT2D eigenvalue weighted by Gasteiger charge is -2.11. The van der Waals surface area contributed by atoms with E-state index in [0.29, 0.717) is 17.0 Å². The number of nitrogens with one attached hydrogen (secondary N) is 3. The van der Waals surface area contributed by atoms with Gasteiger partial charge in [-0.05, 0) is 60.7 Å². The van der Waals surface area contributed by atoms with Crippen LogP contribution in [0.3, 0.4) is 0 Å². The monoisotopic (exact) mass is 437 g/mol. The first-order valence-electron chi connectivity index (χ1n) is 9.17. The molecular weight excluding hydrogens is 418 g/mol. The molecule has 2 amide bonds. The van der Waals surface area contributed by atoms with Crippen LogP contribution in [0.25, 0.3) is 0 Å². The van der Waals surface area contributed by atoms with Gasteiger partial charge in [0, 0.05) is 16.8 Å².